The Bertz CT molecular complexity index is 1040. The van der Waals surface area contributed by atoms with Crippen LogP contribution >= 0.6 is 11.3 Å². The SMILES string of the molecule is CC(C)c1ccc(C(=O)Nc2sccc2C(=O)NCCNC(=O)c2ccccc2)cc1. The summed E-state index contributed by atoms with van der Waals surface area (Å²) < 4.78 is 0. The molecule has 1 aromatic heterocycles. The molecule has 0 atom stereocenters. The molecule has 160 valence electrons. The summed E-state index contributed by atoms with van der Waals surface area (Å²) in [5, 5.41) is 10.6. The van der Waals surface area contributed by atoms with Gasteiger partial charge in [0.25, 0.3) is 17.7 Å². The van der Waals surface area contributed by atoms with Crippen LogP contribution < -0.4 is 16.0 Å². The van der Waals surface area contributed by atoms with Crippen LogP contribution in [0.25, 0.3) is 0 Å². The van der Waals surface area contributed by atoms with E-state index in [4.69, 9.17) is 0 Å². The zero-order valence-corrected chi connectivity index (χ0v) is 18.3. The molecular formula is C24H25N3O3S. The topological polar surface area (TPSA) is 87.3 Å². The number of hydrogen-bond donors (Lipinski definition) is 3. The van der Waals surface area contributed by atoms with Gasteiger partial charge in [0.1, 0.15) is 5.00 Å². The molecule has 2 aromatic carbocycles. The second-order valence-electron chi connectivity index (χ2n) is 7.27. The van der Waals surface area contributed by atoms with Gasteiger partial charge >= 0.3 is 0 Å². The number of hydrogen-bond acceptors (Lipinski definition) is 4. The Kier molecular flexibility index (Phi) is 7.56. The normalized spacial score (nSPS) is 10.5. The summed E-state index contributed by atoms with van der Waals surface area (Å²) in [7, 11) is 0. The molecule has 0 spiro atoms. The maximum atomic E-state index is 12.6. The number of nitrogens with one attached hydrogen (secondary N) is 3. The molecule has 6 nitrogen and oxygen atoms in total. The number of amides is 3. The van der Waals surface area contributed by atoms with Gasteiger partial charge in [0.2, 0.25) is 0 Å². The number of carbonyl (C=O) groups is 3. The minimum Gasteiger partial charge on any atom is -0.350 e. The van der Waals surface area contributed by atoms with Gasteiger partial charge in [0.05, 0.1) is 5.56 Å². The van der Waals surface area contributed by atoms with Crippen molar-refractivity contribution in [2.24, 2.45) is 0 Å². The van der Waals surface area contributed by atoms with Crippen LogP contribution in [0.3, 0.4) is 0 Å². The van der Waals surface area contributed by atoms with Crippen molar-refractivity contribution in [2.45, 2.75) is 19.8 Å². The van der Waals surface area contributed by atoms with Crippen molar-refractivity contribution >= 4 is 34.1 Å². The van der Waals surface area contributed by atoms with E-state index in [9.17, 15) is 14.4 Å². The molecule has 3 N–H and O–H groups in total. The number of rotatable bonds is 8. The molecule has 3 rings (SSSR count). The van der Waals surface area contributed by atoms with Crippen LogP contribution in [0, 0.1) is 0 Å². The number of thiophene rings is 1. The molecule has 31 heavy (non-hydrogen) atoms. The Morgan fingerprint density at radius 1 is 0.774 bits per heavy atom. The fraction of sp³-hybridized carbons (Fsp3) is 0.208. The average Bonchev–Trinajstić information content (AvgIpc) is 3.25. The first kappa shape index (κ1) is 22.2. The molecule has 3 amide bonds. The first-order valence-electron chi connectivity index (χ1n) is 10.1. The third-order valence-corrected chi connectivity index (χ3v) is 5.54. The lowest BCUT2D eigenvalue weighted by Gasteiger charge is -2.10. The summed E-state index contributed by atoms with van der Waals surface area (Å²) in [5.41, 5.74) is 2.66. The molecule has 0 unspecified atom stereocenters. The van der Waals surface area contributed by atoms with Crippen LogP contribution in [0.2, 0.25) is 0 Å². The Hall–Kier alpha value is -3.45. The average molecular weight is 436 g/mol. The van der Waals surface area contributed by atoms with Gasteiger partial charge in [-0.2, -0.15) is 0 Å². The highest BCUT2D eigenvalue weighted by Gasteiger charge is 2.16. The van der Waals surface area contributed by atoms with Crippen LogP contribution in [0.1, 0.15) is 56.4 Å². The summed E-state index contributed by atoms with van der Waals surface area (Å²) in [6, 6.07) is 18.0. The number of anilines is 1. The van der Waals surface area contributed by atoms with Crippen LogP contribution in [-0.4, -0.2) is 30.8 Å². The Morgan fingerprint density at radius 2 is 1.39 bits per heavy atom. The molecule has 0 saturated heterocycles. The summed E-state index contributed by atoms with van der Waals surface area (Å²) in [6.07, 6.45) is 0. The van der Waals surface area contributed by atoms with E-state index >= 15 is 0 Å². The van der Waals surface area contributed by atoms with Gasteiger partial charge < -0.3 is 16.0 Å². The van der Waals surface area contributed by atoms with Gasteiger partial charge in [0.15, 0.2) is 0 Å². The lowest BCUT2D eigenvalue weighted by molar-refractivity contribution is 0.0928. The minimum absolute atomic E-state index is 0.193. The van der Waals surface area contributed by atoms with Gasteiger partial charge in [-0.05, 0) is 47.2 Å². The monoisotopic (exact) mass is 435 g/mol. The minimum atomic E-state index is -0.305. The number of benzene rings is 2. The van der Waals surface area contributed by atoms with E-state index in [1.807, 2.05) is 18.2 Å². The standard InChI is InChI=1S/C24H25N3O3S/c1-16(2)17-8-10-19(11-9-17)22(29)27-24-20(12-15-31-24)23(30)26-14-13-25-21(28)18-6-4-3-5-7-18/h3-12,15-16H,13-14H2,1-2H3,(H,25,28)(H,26,30)(H,27,29). The van der Waals surface area contributed by atoms with E-state index in [0.717, 1.165) is 5.56 Å². The fourth-order valence-corrected chi connectivity index (χ4v) is 3.70. The van der Waals surface area contributed by atoms with E-state index in [1.54, 1.807) is 47.8 Å². The van der Waals surface area contributed by atoms with Crippen molar-refractivity contribution < 1.29 is 14.4 Å². The predicted molar refractivity (Wildman–Crippen MR) is 124 cm³/mol. The molecule has 3 aromatic rings. The molecule has 0 saturated carbocycles. The molecule has 7 heteroatoms. The van der Waals surface area contributed by atoms with Crippen molar-refractivity contribution in [1.29, 1.82) is 0 Å². The molecule has 1 heterocycles. The fourth-order valence-electron chi connectivity index (χ4n) is 2.92. The van der Waals surface area contributed by atoms with Crippen molar-refractivity contribution in [2.75, 3.05) is 18.4 Å². The Morgan fingerprint density at radius 3 is 2.03 bits per heavy atom. The van der Waals surface area contributed by atoms with Gasteiger partial charge in [-0.1, -0.05) is 44.2 Å². The van der Waals surface area contributed by atoms with Crippen molar-refractivity contribution in [1.82, 2.24) is 10.6 Å². The highest BCUT2D eigenvalue weighted by atomic mass is 32.1. The van der Waals surface area contributed by atoms with Crippen LogP contribution in [0.5, 0.6) is 0 Å². The Labute approximate surface area is 185 Å². The van der Waals surface area contributed by atoms with Gasteiger partial charge in [0, 0.05) is 24.2 Å². The highest BCUT2D eigenvalue weighted by Crippen LogP contribution is 2.24. The van der Waals surface area contributed by atoms with Gasteiger partial charge in [-0.3, -0.25) is 14.4 Å². The zero-order chi connectivity index (χ0) is 22.2. The van der Waals surface area contributed by atoms with Gasteiger partial charge in [-0.15, -0.1) is 11.3 Å². The van der Waals surface area contributed by atoms with E-state index in [-0.39, 0.29) is 24.3 Å². The Balaban J connectivity index is 1.51. The summed E-state index contributed by atoms with van der Waals surface area (Å²) in [4.78, 5) is 37.1. The number of carbonyl (C=O) groups excluding carboxylic acids is 3. The molecule has 0 bridgehead atoms. The van der Waals surface area contributed by atoms with E-state index in [0.29, 0.717) is 34.2 Å². The van der Waals surface area contributed by atoms with Crippen LogP contribution in [-0.2, 0) is 0 Å². The maximum Gasteiger partial charge on any atom is 0.256 e. The van der Waals surface area contributed by atoms with Gasteiger partial charge in [-0.25, -0.2) is 0 Å². The summed E-state index contributed by atoms with van der Waals surface area (Å²) in [6.45, 7) is 4.77. The third kappa shape index (κ3) is 6.02. The highest BCUT2D eigenvalue weighted by molar-refractivity contribution is 7.14. The molecule has 0 radical (unpaired) electrons. The van der Waals surface area contributed by atoms with Crippen LogP contribution in [0.15, 0.2) is 66.0 Å². The molecule has 0 fully saturated rings. The molecule has 0 aliphatic heterocycles. The second-order valence-corrected chi connectivity index (χ2v) is 8.19. The predicted octanol–water partition coefficient (Wildman–Crippen LogP) is 4.28. The lowest BCUT2D eigenvalue weighted by atomic mass is 10.0. The summed E-state index contributed by atoms with van der Waals surface area (Å²) in [5.74, 6) is -0.369. The molecule has 0 aliphatic rings. The molecular weight excluding hydrogens is 410 g/mol. The third-order valence-electron chi connectivity index (χ3n) is 4.71. The van der Waals surface area contributed by atoms with E-state index in [2.05, 4.69) is 29.8 Å². The quantitative estimate of drug-likeness (QED) is 0.462. The molecule has 0 aliphatic carbocycles. The van der Waals surface area contributed by atoms with Crippen LogP contribution in [0.4, 0.5) is 5.00 Å². The first-order valence-corrected chi connectivity index (χ1v) is 10.9. The van der Waals surface area contributed by atoms with Crippen molar-refractivity contribution in [3.05, 3.63) is 88.3 Å². The summed E-state index contributed by atoms with van der Waals surface area (Å²) >= 11 is 1.29. The second kappa shape index (κ2) is 10.5. The van der Waals surface area contributed by atoms with E-state index in [1.165, 1.54) is 11.3 Å². The zero-order valence-electron chi connectivity index (χ0n) is 17.5. The smallest absolute Gasteiger partial charge is 0.256 e. The largest absolute Gasteiger partial charge is 0.350 e. The lowest BCUT2D eigenvalue weighted by Crippen LogP contribution is -2.34. The van der Waals surface area contributed by atoms with Crippen molar-refractivity contribution in [3.8, 4) is 0 Å². The van der Waals surface area contributed by atoms with E-state index < -0.39 is 0 Å². The van der Waals surface area contributed by atoms with Crippen molar-refractivity contribution in [3.63, 3.8) is 0 Å². The first-order chi connectivity index (χ1) is 15.0. The maximum absolute atomic E-state index is 12.6.